The van der Waals surface area contributed by atoms with Crippen molar-refractivity contribution in [3.63, 3.8) is 0 Å². The van der Waals surface area contributed by atoms with Gasteiger partial charge in [0.25, 0.3) is 0 Å². The Hall–Kier alpha value is -2.23. The van der Waals surface area contributed by atoms with Crippen LogP contribution in [-0.4, -0.2) is 9.55 Å². The van der Waals surface area contributed by atoms with E-state index in [2.05, 4.69) is 16.5 Å². The highest BCUT2D eigenvalue weighted by Crippen LogP contribution is 2.26. The van der Waals surface area contributed by atoms with Crippen molar-refractivity contribution in [2.45, 2.75) is 26.3 Å². The quantitative estimate of drug-likeness (QED) is 0.674. The van der Waals surface area contributed by atoms with Crippen molar-refractivity contribution in [3.8, 4) is 11.4 Å². The van der Waals surface area contributed by atoms with Crippen LogP contribution in [0.2, 0.25) is 0 Å². The molecule has 0 amide bonds. The Balaban J connectivity index is 2.17. The van der Waals surface area contributed by atoms with Crippen molar-refractivity contribution in [1.82, 2.24) is 9.55 Å². The summed E-state index contributed by atoms with van der Waals surface area (Å²) in [6.07, 6.45) is 2.07. The van der Waals surface area contributed by atoms with Gasteiger partial charge in [0.05, 0.1) is 11.0 Å². The van der Waals surface area contributed by atoms with Gasteiger partial charge in [0.15, 0.2) is 0 Å². The predicted octanol–water partition coefficient (Wildman–Crippen LogP) is 4.78. The maximum absolute atomic E-state index is 13.4. The summed E-state index contributed by atoms with van der Waals surface area (Å²) in [5.74, 6) is 0.179. The van der Waals surface area contributed by atoms with Crippen molar-refractivity contribution >= 4 is 11.0 Å². The highest BCUT2D eigenvalue weighted by Gasteiger charge is 2.13. The first-order chi connectivity index (χ1) is 10.2. The van der Waals surface area contributed by atoms with Crippen LogP contribution in [0.4, 0.5) is 8.78 Å². The zero-order chi connectivity index (χ0) is 14.8. The van der Waals surface area contributed by atoms with Crippen LogP contribution in [0, 0.1) is 11.6 Å². The molecule has 0 saturated carbocycles. The van der Waals surface area contributed by atoms with E-state index in [4.69, 9.17) is 0 Å². The lowest BCUT2D eigenvalue weighted by molar-refractivity contribution is 0.626. The molecule has 21 heavy (non-hydrogen) atoms. The zero-order valence-electron chi connectivity index (χ0n) is 11.8. The van der Waals surface area contributed by atoms with Gasteiger partial charge < -0.3 is 4.57 Å². The molecule has 1 aromatic heterocycles. The average molecular weight is 286 g/mol. The van der Waals surface area contributed by atoms with E-state index in [0.717, 1.165) is 36.3 Å². The minimum absolute atomic E-state index is 0.277. The second kappa shape index (κ2) is 5.64. The third-order valence-corrected chi connectivity index (χ3v) is 3.55. The first kappa shape index (κ1) is 13.7. The van der Waals surface area contributed by atoms with E-state index in [1.807, 2.05) is 0 Å². The van der Waals surface area contributed by atoms with E-state index < -0.39 is 0 Å². The topological polar surface area (TPSA) is 17.8 Å². The van der Waals surface area contributed by atoms with Crippen LogP contribution in [0.3, 0.4) is 0 Å². The molecule has 4 heteroatoms. The van der Waals surface area contributed by atoms with Crippen LogP contribution in [0.15, 0.2) is 42.5 Å². The van der Waals surface area contributed by atoms with E-state index in [0.29, 0.717) is 5.52 Å². The minimum atomic E-state index is -0.298. The first-order valence-corrected chi connectivity index (χ1v) is 7.11. The molecule has 0 radical (unpaired) electrons. The van der Waals surface area contributed by atoms with Gasteiger partial charge in [0, 0.05) is 18.2 Å². The molecule has 2 nitrogen and oxygen atoms in total. The van der Waals surface area contributed by atoms with Crippen molar-refractivity contribution in [2.75, 3.05) is 0 Å². The van der Waals surface area contributed by atoms with Gasteiger partial charge in [0.2, 0.25) is 0 Å². The number of fused-ring (bicyclic) bond motifs is 1. The van der Waals surface area contributed by atoms with Gasteiger partial charge in [-0.2, -0.15) is 0 Å². The number of unbranched alkanes of at least 4 members (excludes halogenated alkanes) is 1. The lowest BCUT2D eigenvalue weighted by Gasteiger charge is -2.08. The van der Waals surface area contributed by atoms with Crippen LogP contribution < -0.4 is 0 Å². The van der Waals surface area contributed by atoms with E-state index in [-0.39, 0.29) is 11.6 Å². The van der Waals surface area contributed by atoms with Crippen LogP contribution >= 0.6 is 0 Å². The summed E-state index contributed by atoms with van der Waals surface area (Å²) in [5.41, 5.74) is 2.37. The van der Waals surface area contributed by atoms with E-state index >= 15 is 0 Å². The summed E-state index contributed by atoms with van der Waals surface area (Å²) in [7, 11) is 0. The van der Waals surface area contributed by atoms with Gasteiger partial charge in [-0.1, -0.05) is 13.3 Å². The number of halogens is 2. The van der Waals surface area contributed by atoms with E-state index in [1.165, 1.54) is 24.3 Å². The molecule has 0 atom stereocenters. The fourth-order valence-electron chi connectivity index (χ4n) is 2.46. The number of hydrogen-bond donors (Lipinski definition) is 0. The molecular formula is C17H16F2N2. The molecule has 1 heterocycles. The molecule has 0 saturated heterocycles. The Kier molecular flexibility index (Phi) is 3.69. The fraction of sp³-hybridized carbons (Fsp3) is 0.235. The Morgan fingerprint density at radius 1 is 1.00 bits per heavy atom. The Bertz CT molecular complexity index is 760. The monoisotopic (exact) mass is 286 g/mol. The van der Waals surface area contributed by atoms with Gasteiger partial charge >= 0.3 is 0 Å². The third kappa shape index (κ3) is 2.66. The summed E-state index contributed by atoms with van der Waals surface area (Å²) in [4.78, 5) is 4.53. The molecule has 0 aliphatic heterocycles. The molecule has 2 aromatic carbocycles. The smallest absolute Gasteiger partial charge is 0.141 e. The van der Waals surface area contributed by atoms with Gasteiger partial charge in [-0.15, -0.1) is 0 Å². The largest absolute Gasteiger partial charge is 0.324 e. The summed E-state index contributed by atoms with van der Waals surface area (Å²) < 4.78 is 28.5. The van der Waals surface area contributed by atoms with Gasteiger partial charge in [-0.05, 0) is 42.8 Å². The normalized spacial score (nSPS) is 11.2. The standard InChI is InChI=1S/C17H16F2N2/c1-2-3-10-21-16-9-8-14(19)11-15(16)20-17(21)12-4-6-13(18)7-5-12/h4-9,11H,2-3,10H2,1H3. The first-order valence-electron chi connectivity index (χ1n) is 7.11. The van der Waals surface area contributed by atoms with E-state index in [1.54, 1.807) is 18.2 Å². The van der Waals surface area contributed by atoms with Crippen molar-refractivity contribution < 1.29 is 8.78 Å². The molecule has 0 aliphatic carbocycles. The maximum atomic E-state index is 13.4. The summed E-state index contributed by atoms with van der Waals surface area (Å²) >= 11 is 0. The molecule has 0 spiro atoms. The summed E-state index contributed by atoms with van der Waals surface area (Å²) in [5, 5.41) is 0. The number of aryl methyl sites for hydroxylation is 1. The van der Waals surface area contributed by atoms with Crippen molar-refractivity contribution in [2.24, 2.45) is 0 Å². The molecule has 0 unspecified atom stereocenters. The summed E-state index contributed by atoms with van der Waals surface area (Å²) in [6, 6.07) is 10.9. The fourth-order valence-corrected chi connectivity index (χ4v) is 2.46. The van der Waals surface area contributed by atoms with Gasteiger partial charge in [-0.25, -0.2) is 13.8 Å². The van der Waals surface area contributed by atoms with Crippen LogP contribution in [0.5, 0.6) is 0 Å². The second-order valence-electron chi connectivity index (χ2n) is 5.08. The Morgan fingerprint density at radius 3 is 2.43 bits per heavy atom. The molecule has 108 valence electrons. The SMILES string of the molecule is CCCCn1c(-c2ccc(F)cc2)nc2cc(F)ccc21. The van der Waals surface area contributed by atoms with Crippen LogP contribution in [-0.2, 0) is 6.54 Å². The third-order valence-electron chi connectivity index (χ3n) is 3.55. The lowest BCUT2D eigenvalue weighted by Crippen LogP contribution is -2.00. The number of nitrogens with zero attached hydrogens (tertiary/aromatic N) is 2. The van der Waals surface area contributed by atoms with Crippen molar-refractivity contribution in [1.29, 1.82) is 0 Å². The molecule has 3 aromatic rings. The number of benzene rings is 2. The molecule has 0 N–H and O–H groups in total. The zero-order valence-corrected chi connectivity index (χ0v) is 11.8. The summed E-state index contributed by atoms with van der Waals surface area (Å²) in [6.45, 7) is 2.93. The number of aromatic nitrogens is 2. The number of imidazole rings is 1. The van der Waals surface area contributed by atoms with Gasteiger partial charge in [0.1, 0.15) is 17.5 Å². The van der Waals surface area contributed by atoms with Crippen molar-refractivity contribution in [3.05, 3.63) is 54.1 Å². The maximum Gasteiger partial charge on any atom is 0.141 e. The highest BCUT2D eigenvalue weighted by atomic mass is 19.1. The molecule has 0 fully saturated rings. The van der Waals surface area contributed by atoms with Crippen LogP contribution in [0.25, 0.3) is 22.4 Å². The Labute approximate surface area is 122 Å². The van der Waals surface area contributed by atoms with Gasteiger partial charge in [-0.3, -0.25) is 0 Å². The minimum Gasteiger partial charge on any atom is -0.324 e. The van der Waals surface area contributed by atoms with E-state index in [9.17, 15) is 8.78 Å². The number of hydrogen-bond acceptors (Lipinski definition) is 1. The molecule has 3 rings (SSSR count). The average Bonchev–Trinajstić information content (AvgIpc) is 2.83. The Morgan fingerprint density at radius 2 is 1.71 bits per heavy atom. The lowest BCUT2D eigenvalue weighted by atomic mass is 10.2. The second-order valence-corrected chi connectivity index (χ2v) is 5.08. The number of rotatable bonds is 4. The highest BCUT2D eigenvalue weighted by molar-refractivity contribution is 5.80. The predicted molar refractivity (Wildman–Crippen MR) is 80.0 cm³/mol. The molecule has 0 bridgehead atoms. The molecule has 0 aliphatic rings. The molecular weight excluding hydrogens is 270 g/mol. The van der Waals surface area contributed by atoms with Crippen LogP contribution in [0.1, 0.15) is 19.8 Å².